The van der Waals surface area contributed by atoms with Gasteiger partial charge in [0.25, 0.3) is 0 Å². The van der Waals surface area contributed by atoms with Gasteiger partial charge in [0.2, 0.25) is 0 Å². The van der Waals surface area contributed by atoms with Crippen LogP contribution < -0.4 is 5.73 Å². The minimum atomic E-state index is -0.895. The number of aryl methyl sites for hydroxylation is 1. The summed E-state index contributed by atoms with van der Waals surface area (Å²) in [5, 5.41) is 9.03. The van der Waals surface area contributed by atoms with Crippen LogP contribution >= 0.6 is 0 Å². The van der Waals surface area contributed by atoms with E-state index in [1.54, 1.807) is 0 Å². The van der Waals surface area contributed by atoms with Crippen molar-refractivity contribution in [3.8, 4) is 0 Å². The Morgan fingerprint density at radius 3 is 2.67 bits per heavy atom. The van der Waals surface area contributed by atoms with Gasteiger partial charge in [-0.3, -0.25) is 4.79 Å². The number of carboxylic acids is 1. The molecular formula is C15H21NO2. The minimum absolute atomic E-state index is 0.0240. The smallest absolute Gasteiger partial charge is 0.320 e. The average Bonchev–Trinajstić information content (AvgIpc) is 2.78. The Bertz CT molecular complexity index is 436. The number of nitrogens with two attached hydrogens (primary N) is 1. The minimum Gasteiger partial charge on any atom is -0.480 e. The average molecular weight is 247 g/mol. The summed E-state index contributed by atoms with van der Waals surface area (Å²) in [7, 11) is 0. The van der Waals surface area contributed by atoms with Gasteiger partial charge < -0.3 is 10.8 Å². The number of aliphatic carboxylic acids is 1. The third-order valence-electron chi connectivity index (χ3n) is 4.12. The van der Waals surface area contributed by atoms with Gasteiger partial charge >= 0.3 is 5.97 Å². The molecular weight excluding hydrogens is 226 g/mol. The zero-order chi connectivity index (χ0) is 13.2. The Balaban J connectivity index is 2.29. The predicted octanol–water partition coefficient (Wildman–Crippen LogP) is 2.61. The highest BCUT2D eigenvalue weighted by molar-refractivity contribution is 5.73. The van der Waals surface area contributed by atoms with Gasteiger partial charge in [0.1, 0.15) is 6.04 Å². The highest BCUT2D eigenvalue weighted by Crippen LogP contribution is 2.44. The molecule has 18 heavy (non-hydrogen) atoms. The van der Waals surface area contributed by atoms with Crippen molar-refractivity contribution in [1.29, 1.82) is 0 Å². The zero-order valence-electron chi connectivity index (χ0n) is 10.9. The van der Waals surface area contributed by atoms with Gasteiger partial charge in [-0.15, -0.1) is 0 Å². The fourth-order valence-electron chi connectivity index (χ4n) is 3.15. The molecule has 3 N–H and O–H groups in total. The fourth-order valence-corrected chi connectivity index (χ4v) is 3.15. The SMILES string of the molecule is Cc1cccc(C2(CC(N)C(=O)O)CCCC2)c1. The number of carbonyl (C=O) groups is 1. The standard InChI is InChI=1S/C15H21NO2/c1-11-5-4-6-12(9-11)15(7-2-3-8-15)10-13(16)14(17)18/h4-6,9,13H,2-3,7-8,10,16H2,1H3,(H,17,18). The summed E-state index contributed by atoms with van der Waals surface area (Å²) < 4.78 is 0. The molecule has 1 unspecified atom stereocenters. The summed E-state index contributed by atoms with van der Waals surface area (Å²) in [5.41, 5.74) is 8.22. The molecule has 3 nitrogen and oxygen atoms in total. The lowest BCUT2D eigenvalue weighted by atomic mass is 9.74. The van der Waals surface area contributed by atoms with E-state index in [9.17, 15) is 4.79 Å². The summed E-state index contributed by atoms with van der Waals surface area (Å²) in [6.45, 7) is 2.07. The van der Waals surface area contributed by atoms with Crippen LogP contribution in [0.1, 0.15) is 43.2 Å². The van der Waals surface area contributed by atoms with Gasteiger partial charge in [-0.1, -0.05) is 42.7 Å². The van der Waals surface area contributed by atoms with Crippen LogP contribution in [0.15, 0.2) is 24.3 Å². The molecule has 1 fully saturated rings. The maximum atomic E-state index is 11.0. The number of hydrogen-bond donors (Lipinski definition) is 2. The van der Waals surface area contributed by atoms with E-state index < -0.39 is 12.0 Å². The summed E-state index contributed by atoms with van der Waals surface area (Å²) in [5.74, 6) is -0.895. The lowest BCUT2D eigenvalue weighted by Crippen LogP contribution is -2.38. The van der Waals surface area contributed by atoms with E-state index in [4.69, 9.17) is 10.8 Å². The van der Waals surface area contributed by atoms with Crippen molar-refractivity contribution in [3.63, 3.8) is 0 Å². The Hall–Kier alpha value is -1.35. The second-order valence-electron chi connectivity index (χ2n) is 5.51. The quantitative estimate of drug-likeness (QED) is 0.859. The van der Waals surface area contributed by atoms with Crippen LogP contribution in [0.3, 0.4) is 0 Å². The molecule has 1 aromatic rings. The van der Waals surface area contributed by atoms with Crippen LogP contribution in [0.25, 0.3) is 0 Å². The van der Waals surface area contributed by atoms with Gasteiger partial charge in [0, 0.05) is 0 Å². The number of hydrogen-bond acceptors (Lipinski definition) is 2. The normalized spacial score (nSPS) is 19.7. The van der Waals surface area contributed by atoms with Gasteiger partial charge in [-0.2, -0.15) is 0 Å². The summed E-state index contributed by atoms with van der Waals surface area (Å²) in [6.07, 6.45) is 4.99. The topological polar surface area (TPSA) is 63.3 Å². The molecule has 1 saturated carbocycles. The molecule has 98 valence electrons. The first-order valence-electron chi connectivity index (χ1n) is 6.59. The number of rotatable bonds is 4. The van der Waals surface area contributed by atoms with Crippen LogP contribution in [0.5, 0.6) is 0 Å². The summed E-state index contributed by atoms with van der Waals surface area (Å²) in [6, 6.07) is 7.66. The second-order valence-corrected chi connectivity index (χ2v) is 5.51. The first kappa shape index (κ1) is 13.1. The first-order valence-corrected chi connectivity index (χ1v) is 6.59. The molecule has 3 heteroatoms. The number of benzene rings is 1. The predicted molar refractivity (Wildman–Crippen MR) is 71.6 cm³/mol. The van der Waals surface area contributed by atoms with E-state index >= 15 is 0 Å². The molecule has 1 aliphatic carbocycles. The molecule has 1 aliphatic rings. The van der Waals surface area contributed by atoms with Crippen molar-refractivity contribution in [2.75, 3.05) is 0 Å². The van der Waals surface area contributed by atoms with Gasteiger partial charge in [0.05, 0.1) is 0 Å². The van der Waals surface area contributed by atoms with Crippen LogP contribution in [0.4, 0.5) is 0 Å². The van der Waals surface area contributed by atoms with E-state index in [2.05, 4.69) is 31.2 Å². The van der Waals surface area contributed by atoms with Gasteiger partial charge in [-0.05, 0) is 37.2 Å². The van der Waals surface area contributed by atoms with Crippen molar-refractivity contribution in [2.24, 2.45) is 5.73 Å². The molecule has 0 saturated heterocycles. The van der Waals surface area contributed by atoms with Crippen LogP contribution in [-0.4, -0.2) is 17.1 Å². The van der Waals surface area contributed by atoms with E-state index in [1.807, 2.05) is 0 Å². The molecule has 0 bridgehead atoms. The Morgan fingerprint density at radius 2 is 2.11 bits per heavy atom. The lowest BCUT2D eigenvalue weighted by Gasteiger charge is -2.31. The Morgan fingerprint density at radius 1 is 1.44 bits per heavy atom. The Kier molecular flexibility index (Phi) is 3.71. The summed E-state index contributed by atoms with van der Waals surface area (Å²) >= 11 is 0. The van der Waals surface area contributed by atoms with Crippen molar-refractivity contribution in [3.05, 3.63) is 35.4 Å². The molecule has 0 heterocycles. The maximum Gasteiger partial charge on any atom is 0.320 e. The molecule has 0 radical (unpaired) electrons. The molecule has 0 amide bonds. The second kappa shape index (κ2) is 5.11. The third-order valence-corrected chi connectivity index (χ3v) is 4.12. The highest BCUT2D eigenvalue weighted by Gasteiger charge is 2.38. The lowest BCUT2D eigenvalue weighted by molar-refractivity contribution is -0.139. The molecule has 2 rings (SSSR count). The molecule has 0 aliphatic heterocycles. The van der Waals surface area contributed by atoms with Crippen LogP contribution in [0.2, 0.25) is 0 Å². The zero-order valence-corrected chi connectivity index (χ0v) is 10.9. The van der Waals surface area contributed by atoms with Gasteiger partial charge in [0.15, 0.2) is 0 Å². The summed E-state index contributed by atoms with van der Waals surface area (Å²) in [4.78, 5) is 11.0. The van der Waals surface area contributed by atoms with Crippen molar-refractivity contribution < 1.29 is 9.90 Å². The maximum absolute atomic E-state index is 11.0. The monoisotopic (exact) mass is 247 g/mol. The molecule has 0 spiro atoms. The molecule has 1 aromatic carbocycles. The Labute approximate surface area is 108 Å². The van der Waals surface area contributed by atoms with E-state index in [0.29, 0.717) is 6.42 Å². The highest BCUT2D eigenvalue weighted by atomic mass is 16.4. The van der Waals surface area contributed by atoms with E-state index in [1.165, 1.54) is 24.0 Å². The first-order chi connectivity index (χ1) is 8.53. The third kappa shape index (κ3) is 2.56. The van der Waals surface area contributed by atoms with Crippen LogP contribution in [-0.2, 0) is 10.2 Å². The van der Waals surface area contributed by atoms with E-state index in [0.717, 1.165) is 12.8 Å². The van der Waals surface area contributed by atoms with Gasteiger partial charge in [-0.25, -0.2) is 0 Å². The van der Waals surface area contributed by atoms with Crippen molar-refractivity contribution in [2.45, 2.75) is 50.5 Å². The number of carboxylic acid groups (broad SMARTS) is 1. The molecule has 1 atom stereocenters. The van der Waals surface area contributed by atoms with Crippen molar-refractivity contribution >= 4 is 5.97 Å². The molecule has 0 aromatic heterocycles. The fraction of sp³-hybridized carbons (Fsp3) is 0.533. The van der Waals surface area contributed by atoms with E-state index in [-0.39, 0.29) is 5.41 Å². The van der Waals surface area contributed by atoms with Crippen LogP contribution in [0, 0.1) is 6.92 Å². The largest absolute Gasteiger partial charge is 0.480 e. The van der Waals surface area contributed by atoms with Crippen molar-refractivity contribution in [1.82, 2.24) is 0 Å².